The van der Waals surface area contributed by atoms with E-state index < -0.39 is 0 Å². The van der Waals surface area contributed by atoms with Crippen molar-refractivity contribution in [3.63, 3.8) is 0 Å². The Morgan fingerprint density at radius 1 is 1.47 bits per heavy atom. The van der Waals surface area contributed by atoms with Crippen molar-refractivity contribution in [2.75, 3.05) is 13.1 Å². The van der Waals surface area contributed by atoms with E-state index in [4.69, 9.17) is 0 Å². The molecule has 1 heterocycles. The molecular formula is C12H20N2S. The predicted octanol–water partition coefficient (Wildman–Crippen LogP) is 2.77. The number of hydrogen-bond donors (Lipinski definition) is 1. The molecule has 1 aromatic rings. The average Bonchev–Trinajstić information content (AvgIpc) is 2.84. The minimum Gasteiger partial charge on any atom is -0.316 e. The molecule has 0 spiro atoms. The van der Waals surface area contributed by atoms with Crippen LogP contribution in [0.25, 0.3) is 0 Å². The third-order valence-corrected chi connectivity index (χ3v) is 4.07. The minimum absolute atomic E-state index is 0.947. The van der Waals surface area contributed by atoms with Crippen LogP contribution in [-0.2, 0) is 6.42 Å². The second kappa shape index (κ2) is 5.61. The number of aryl methyl sites for hydroxylation is 1. The Balaban J connectivity index is 1.58. The second-order valence-electron chi connectivity index (χ2n) is 4.47. The van der Waals surface area contributed by atoms with Crippen molar-refractivity contribution in [2.24, 2.45) is 5.92 Å². The quantitative estimate of drug-likeness (QED) is 0.778. The Kier molecular flexibility index (Phi) is 4.15. The van der Waals surface area contributed by atoms with Gasteiger partial charge in [-0.2, -0.15) is 0 Å². The van der Waals surface area contributed by atoms with Crippen LogP contribution < -0.4 is 5.32 Å². The Morgan fingerprint density at radius 2 is 2.27 bits per heavy atom. The van der Waals surface area contributed by atoms with Gasteiger partial charge in [-0.05, 0) is 32.2 Å². The molecule has 0 saturated heterocycles. The van der Waals surface area contributed by atoms with E-state index in [0.29, 0.717) is 0 Å². The van der Waals surface area contributed by atoms with Crippen LogP contribution in [0.15, 0.2) is 6.20 Å². The molecule has 15 heavy (non-hydrogen) atoms. The third kappa shape index (κ3) is 3.58. The van der Waals surface area contributed by atoms with E-state index in [2.05, 4.69) is 17.2 Å². The molecule has 1 aliphatic rings. The highest BCUT2D eigenvalue weighted by atomic mass is 32.1. The molecule has 0 amide bonds. The zero-order valence-corrected chi connectivity index (χ0v) is 10.3. The first-order valence-electron chi connectivity index (χ1n) is 5.96. The van der Waals surface area contributed by atoms with Gasteiger partial charge in [0.05, 0.1) is 5.01 Å². The minimum atomic E-state index is 0.947. The monoisotopic (exact) mass is 224 g/mol. The topological polar surface area (TPSA) is 24.9 Å². The van der Waals surface area contributed by atoms with Gasteiger partial charge in [0.25, 0.3) is 0 Å². The first kappa shape index (κ1) is 11.1. The van der Waals surface area contributed by atoms with Crippen LogP contribution in [0.5, 0.6) is 0 Å². The van der Waals surface area contributed by atoms with E-state index >= 15 is 0 Å². The fourth-order valence-electron chi connectivity index (χ4n) is 2.23. The lowest BCUT2D eigenvalue weighted by Gasteiger charge is -2.09. The summed E-state index contributed by atoms with van der Waals surface area (Å²) in [6, 6.07) is 0. The maximum atomic E-state index is 4.36. The molecule has 1 N–H and O–H groups in total. The van der Waals surface area contributed by atoms with Crippen LogP contribution >= 0.6 is 11.3 Å². The fourth-order valence-corrected chi connectivity index (χ4v) is 3.02. The summed E-state index contributed by atoms with van der Waals surface area (Å²) in [7, 11) is 0. The summed E-state index contributed by atoms with van der Waals surface area (Å²) in [4.78, 5) is 5.68. The Bertz CT molecular complexity index is 290. The summed E-state index contributed by atoms with van der Waals surface area (Å²) in [5.74, 6) is 0.947. The number of hydrogen-bond acceptors (Lipinski definition) is 3. The molecule has 2 rings (SSSR count). The molecule has 1 aliphatic carbocycles. The number of aromatic nitrogens is 1. The van der Waals surface area contributed by atoms with Crippen molar-refractivity contribution in [1.82, 2.24) is 10.3 Å². The van der Waals surface area contributed by atoms with Crippen LogP contribution in [0.3, 0.4) is 0 Å². The highest BCUT2D eigenvalue weighted by molar-refractivity contribution is 7.11. The number of nitrogens with one attached hydrogen (secondary N) is 1. The first-order chi connectivity index (χ1) is 7.34. The Labute approximate surface area is 96.1 Å². The maximum absolute atomic E-state index is 4.36. The van der Waals surface area contributed by atoms with Crippen molar-refractivity contribution in [3.8, 4) is 0 Å². The molecule has 0 atom stereocenters. The lowest BCUT2D eigenvalue weighted by atomic mass is 10.1. The molecule has 84 valence electrons. The number of nitrogens with zero attached hydrogens (tertiary/aromatic N) is 1. The van der Waals surface area contributed by atoms with Gasteiger partial charge in [0, 0.05) is 24.0 Å². The van der Waals surface area contributed by atoms with Crippen LogP contribution in [0.1, 0.15) is 35.6 Å². The summed E-state index contributed by atoms with van der Waals surface area (Å²) in [5.41, 5.74) is 0. The summed E-state index contributed by atoms with van der Waals surface area (Å²) in [5, 5.41) is 4.82. The number of rotatable bonds is 5. The van der Waals surface area contributed by atoms with Crippen molar-refractivity contribution in [3.05, 3.63) is 16.1 Å². The summed E-state index contributed by atoms with van der Waals surface area (Å²) in [6.45, 7) is 4.42. The second-order valence-corrected chi connectivity index (χ2v) is 5.79. The van der Waals surface area contributed by atoms with Gasteiger partial charge >= 0.3 is 0 Å². The maximum Gasteiger partial charge on any atom is 0.0940 e. The molecule has 0 aromatic carbocycles. The molecule has 0 aliphatic heterocycles. The van der Waals surface area contributed by atoms with E-state index in [1.54, 1.807) is 0 Å². The highest BCUT2D eigenvalue weighted by Crippen LogP contribution is 2.23. The van der Waals surface area contributed by atoms with Gasteiger partial charge in [-0.15, -0.1) is 11.3 Å². The SMILES string of the molecule is Cc1cnc(CCNCC2CCCC2)s1. The molecule has 1 saturated carbocycles. The molecule has 0 bridgehead atoms. The molecule has 0 radical (unpaired) electrons. The largest absolute Gasteiger partial charge is 0.316 e. The molecule has 3 heteroatoms. The molecular weight excluding hydrogens is 204 g/mol. The van der Waals surface area contributed by atoms with E-state index in [-0.39, 0.29) is 0 Å². The van der Waals surface area contributed by atoms with Gasteiger partial charge in [0.2, 0.25) is 0 Å². The standard InChI is InChI=1S/C12H20N2S/c1-10-8-14-12(15-10)6-7-13-9-11-4-2-3-5-11/h8,11,13H,2-7,9H2,1H3. The van der Waals surface area contributed by atoms with Gasteiger partial charge < -0.3 is 5.32 Å². The third-order valence-electron chi connectivity index (χ3n) is 3.09. The molecule has 1 aromatic heterocycles. The lowest BCUT2D eigenvalue weighted by Crippen LogP contribution is -2.23. The first-order valence-corrected chi connectivity index (χ1v) is 6.78. The van der Waals surface area contributed by atoms with Gasteiger partial charge in [-0.1, -0.05) is 12.8 Å². The Hall–Kier alpha value is -0.410. The van der Waals surface area contributed by atoms with Crippen LogP contribution in [0, 0.1) is 12.8 Å². The van der Waals surface area contributed by atoms with Gasteiger partial charge in [-0.25, -0.2) is 4.98 Å². The molecule has 0 unspecified atom stereocenters. The smallest absolute Gasteiger partial charge is 0.0940 e. The lowest BCUT2D eigenvalue weighted by molar-refractivity contribution is 0.491. The van der Waals surface area contributed by atoms with Crippen molar-refractivity contribution in [2.45, 2.75) is 39.0 Å². The number of thiazole rings is 1. The van der Waals surface area contributed by atoms with Crippen molar-refractivity contribution < 1.29 is 0 Å². The molecule has 2 nitrogen and oxygen atoms in total. The van der Waals surface area contributed by atoms with E-state index in [1.807, 2.05) is 17.5 Å². The summed E-state index contributed by atoms with van der Waals surface area (Å²) < 4.78 is 0. The van der Waals surface area contributed by atoms with Crippen molar-refractivity contribution in [1.29, 1.82) is 0 Å². The highest BCUT2D eigenvalue weighted by Gasteiger charge is 2.13. The van der Waals surface area contributed by atoms with Crippen LogP contribution in [0.4, 0.5) is 0 Å². The fraction of sp³-hybridized carbons (Fsp3) is 0.750. The normalized spacial score (nSPS) is 17.4. The van der Waals surface area contributed by atoms with Gasteiger partial charge in [0.1, 0.15) is 0 Å². The van der Waals surface area contributed by atoms with Gasteiger partial charge in [-0.3, -0.25) is 0 Å². The average molecular weight is 224 g/mol. The van der Waals surface area contributed by atoms with Crippen molar-refractivity contribution >= 4 is 11.3 Å². The van der Waals surface area contributed by atoms with E-state index in [9.17, 15) is 0 Å². The zero-order valence-electron chi connectivity index (χ0n) is 9.46. The zero-order chi connectivity index (χ0) is 10.5. The summed E-state index contributed by atoms with van der Waals surface area (Å²) >= 11 is 1.82. The molecule has 1 fully saturated rings. The predicted molar refractivity (Wildman–Crippen MR) is 65.4 cm³/mol. The van der Waals surface area contributed by atoms with Crippen LogP contribution in [-0.4, -0.2) is 18.1 Å². The van der Waals surface area contributed by atoms with E-state index in [1.165, 1.54) is 42.1 Å². The Morgan fingerprint density at radius 3 is 2.93 bits per heavy atom. The summed E-state index contributed by atoms with van der Waals surface area (Å²) in [6.07, 6.45) is 8.81. The van der Waals surface area contributed by atoms with Crippen LogP contribution in [0.2, 0.25) is 0 Å². The van der Waals surface area contributed by atoms with E-state index in [0.717, 1.165) is 18.9 Å². The van der Waals surface area contributed by atoms with Gasteiger partial charge in [0.15, 0.2) is 0 Å².